The molecule has 0 saturated heterocycles. The van der Waals surface area contributed by atoms with Gasteiger partial charge < -0.3 is 9.47 Å². The quantitative estimate of drug-likeness (QED) is 0.665. The standard InChI is InChI=1S/C16H17BrN4/c1-20-12-19-15-14(20)7-9-18-16(15)21(10-8-17)11-13-5-3-2-4-6-13/h2-7,9,12H,8,10-11H2,1H3. The third-order valence-electron chi connectivity index (χ3n) is 3.49. The topological polar surface area (TPSA) is 34.0 Å². The second kappa shape index (κ2) is 6.26. The van der Waals surface area contributed by atoms with Gasteiger partial charge in [0.25, 0.3) is 0 Å². The monoisotopic (exact) mass is 344 g/mol. The highest BCUT2D eigenvalue weighted by Gasteiger charge is 2.14. The number of hydrogen-bond acceptors (Lipinski definition) is 3. The fourth-order valence-corrected chi connectivity index (χ4v) is 2.87. The molecule has 0 aliphatic heterocycles. The van der Waals surface area contributed by atoms with Gasteiger partial charge >= 0.3 is 0 Å². The molecule has 0 fully saturated rings. The summed E-state index contributed by atoms with van der Waals surface area (Å²) in [6.45, 7) is 1.71. The summed E-state index contributed by atoms with van der Waals surface area (Å²) in [5.74, 6) is 0.941. The largest absolute Gasteiger partial charge is 0.350 e. The van der Waals surface area contributed by atoms with Crippen LogP contribution in [-0.2, 0) is 13.6 Å². The van der Waals surface area contributed by atoms with Crippen LogP contribution >= 0.6 is 15.9 Å². The Morgan fingerprint density at radius 3 is 2.71 bits per heavy atom. The lowest BCUT2D eigenvalue weighted by molar-refractivity contribution is 0.825. The van der Waals surface area contributed by atoms with E-state index >= 15 is 0 Å². The molecule has 0 amide bonds. The van der Waals surface area contributed by atoms with Gasteiger partial charge in [0, 0.05) is 31.7 Å². The Bertz CT molecular complexity index is 723. The lowest BCUT2D eigenvalue weighted by atomic mass is 10.2. The Balaban J connectivity index is 1.99. The first-order valence-corrected chi connectivity index (χ1v) is 8.02. The molecule has 2 aromatic heterocycles. The molecule has 0 saturated carbocycles. The van der Waals surface area contributed by atoms with E-state index in [-0.39, 0.29) is 0 Å². The lowest BCUT2D eigenvalue weighted by Crippen LogP contribution is -2.26. The van der Waals surface area contributed by atoms with Gasteiger partial charge in [-0.15, -0.1) is 0 Å². The van der Waals surface area contributed by atoms with Crippen LogP contribution in [0, 0.1) is 0 Å². The maximum Gasteiger partial charge on any atom is 0.157 e. The number of imidazole rings is 1. The Morgan fingerprint density at radius 1 is 1.14 bits per heavy atom. The minimum atomic E-state index is 0.828. The van der Waals surface area contributed by atoms with Crippen molar-refractivity contribution in [2.75, 3.05) is 16.8 Å². The second-order valence-electron chi connectivity index (χ2n) is 4.95. The summed E-state index contributed by atoms with van der Waals surface area (Å²) in [6, 6.07) is 12.4. The summed E-state index contributed by atoms with van der Waals surface area (Å²) in [7, 11) is 2.01. The summed E-state index contributed by atoms with van der Waals surface area (Å²) >= 11 is 3.53. The number of anilines is 1. The molecule has 3 aromatic rings. The number of benzene rings is 1. The average Bonchev–Trinajstić information content (AvgIpc) is 2.90. The van der Waals surface area contributed by atoms with Gasteiger partial charge in [-0.3, -0.25) is 0 Å². The van der Waals surface area contributed by atoms with Crippen molar-refractivity contribution in [3.05, 3.63) is 54.5 Å². The van der Waals surface area contributed by atoms with Gasteiger partial charge in [-0.1, -0.05) is 46.3 Å². The summed E-state index contributed by atoms with van der Waals surface area (Å²) < 4.78 is 2.02. The highest BCUT2D eigenvalue weighted by molar-refractivity contribution is 9.09. The van der Waals surface area contributed by atoms with Crippen molar-refractivity contribution >= 4 is 32.8 Å². The van der Waals surface area contributed by atoms with Crippen LogP contribution in [0.4, 0.5) is 5.82 Å². The Kier molecular flexibility index (Phi) is 4.20. The number of fused-ring (bicyclic) bond motifs is 1. The molecule has 0 radical (unpaired) electrons. The van der Waals surface area contributed by atoms with E-state index in [0.717, 1.165) is 35.3 Å². The number of aryl methyl sites for hydroxylation is 1. The minimum Gasteiger partial charge on any atom is -0.350 e. The fraction of sp³-hybridized carbons (Fsp3) is 0.250. The van der Waals surface area contributed by atoms with Crippen molar-refractivity contribution in [2.24, 2.45) is 7.05 Å². The van der Waals surface area contributed by atoms with Gasteiger partial charge in [0.15, 0.2) is 5.82 Å². The Morgan fingerprint density at radius 2 is 1.95 bits per heavy atom. The van der Waals surface area contributed by atoms with E-state index in [1.807, 2.05) is 36.3 Å². The first-order chi connectivity index (χ1) is 10.3. The molecular formula is C16H17BrN4. The molecule has 0 aliphatic carbocycles. The lowest BCUT2D eigenvalue weighted by Gasteiger charge is -2.23. The van der Waals surface area contributed by atoms with Crippen LogP contribution in [0.5, 0.6) is 0 Å². The molecule has 0 bridgehead atoms. The number of rotatable bonds is 5. The van der Waals surface area contributed by atoms with E-state index < -0.39 is 0 Å². The molecule has 0 atom stereocenters. The van der Waals surface area contributed by atoms with Gasteiger partial charge in [-0.25, -0.2) is 9.97 Å². The van der Waals surface area contributed by atoms with E-state index in [2.05, 4.69) is 55.1 Å². The molecule has 3 rings (SSSR count). The van der Waals surface area contributed by atoms with E-state index in [9.17, 15) is 0 Å². The summed E-state index contributed by atoms with van der Waals surface area (Å²) in [5, 5.41) is 0.894. The predicted octanol–water partition coefficient (Wildman–Crippen LogP) is 3.37. The molecule has 4 nitrogen and oxygen atoms in total. The molecular weight excluding hydrogens is 328 g/mol. The highest BCUT2D eigenvalue weighted by Crippen LogP contribution is 2.24. The number of hydrogen-bond donors (Lipinski definition) is 0. The van der Waals surface area contributed by atoms with Crippen molar-refractivity contribution < 1.29 is 0 Å². The van der Waals surface area contributed by atoms with Crippen LogP contribution in [0.2, 0.25) is 0 Å². The van der Waals surface area contributed by atoms with Gasteiger partial charge in [0.05, 0.1) is 11.8 Å². The molecule has 0 aliphatic rings. The zero-order chi connectivity index (χ0) is 14.7. The molecule has 1 aromatic carbocycles. The zero-order valence-corrected chi connectivity index (χ0v) is 13.5. The summed E-state index contributed by atoms with van der Waals surface area (Å²) in [6.07, 6.45) is 3.69. The molecule has 0 N–H and O–H groups in total. The van der Waals surface area contributed by atoms with Crippen LogP contribution in [0.1, 0.15) is 5.56 Å². The molecule has 0 spiro atoms. The van der Waals surface area contributed by atoms with Gasteiger partial charge in [-0.05, 0) is 11.6 Å². The van der Waals surface area contributed by atoms with Crippen molar-refractivity contribution in [3.63, 3.8) is 0 Å². The van der Waals surface area contributed by atoms with Crippen molar-refractivity contribution in [1.29, 1.82) is 0 Å². The maximum absolute atomic E-state index is 4.56. The van der Waals surface area contributed by atoms with Gasteiger partial charge in [-0.2, -0.15) is 0 Å². The second-order valence-corrected chi connectivity index (χ2v) is 5.75. The Labute approximate surface area is 132 Å². The van der Waals surface area contributed by atoms with Crippen molar-refractivity contribution in [3.8, 4) is 0 Å². The van der Waals surface area contributed by atoms with E-state index in [0.29, 0.717) is 0 Å². The van der Waals surface area contributed by atoms with Crippen LogP contribution in [0.3, 0.4) is 0 Å². The fourth-order valence-electron chi connectivity index (χ4n) is 2.45. The van der Waals surface area contributed by atoms with Gasteiger partial charge in [0.2, 0.25) is 0 Å². The van der Waals surface area contributed by atoms with Crippen LogP contribution in [0.25, 0.3) is 11.0 Å². The Hall–Kier alpha value is -1.88. The third kappa shape index (κ3) is 2.93. The normalized spacial score (nSPS) is 11.0. The SMILES string of the molecule is Cn1cnc2c(N(CCBr)Cc3ccccc3)nccc21. The summed E-state index contributed by atoms with van der Waals surface area (Å²) in [5.41, 5.74) is 3.33. The first-order valence-electron chi connectivity index (χ1n) is 6.90. The smallest absolute Gasteiger partial charge is 0.157 e. The zero-order valence-electron chi connectivity index (χ0n) is 11.9. The maximum atomic E-state index is 4.56. The van der Waals surface area contributed by atoms with E-state index in [4.69, 9.17) is 0 Å². The average molecular weight is 345 g/mol. The number of nitrogens with zero attached hydrogens (tertiary/aromatic N) is 4. The molecule has 5 heteroatoms. The van der Waals surface area contributed by atoms with E-state index in [1.54, 1.807) is 0 Å². The number of pyridine rings is 1. The third-order valence-corrected chi connectivity index (χ3v) is 3.85. The van der Waals surface area contributed by atoms with Crippen LogP contribution in [0.15, 0.2) is 48.9 Å². The van der Waals surface area contributed by atoms with Crippen LogP contribution < -0.4 is 4.90 Å². The van der Waals surface area contributed by atoms with E-state index in [1.165, 1.54) is 5.56 Å². The number of halogens is 1. The molecule has 108 valence electrons. The van der Waals surface area contributed by atoms with Crippen molar-refractivity contribution in [1.82, 2.24) is 14.5 Å². The highest BCUT2D eigenvalue weighted by atomic mass is 79.9. The molecule has 0 unspecified atom stereocenters. The van der Waals surface area contributed by atoms with Crippen molar-refractivity contribution in [2.45, 2.75) is 6.54 Å². The molecule has 2 heterocycles. The predicted molar refractivity (Wildman–Crippen MR) is 89.8 cm³/mol. The minimum absolute atomic E-state index is 0.828. The summed E-state index contributed by atoms with van der Waals surface area (Å²) in [4.78, 5) is 11.3. The first kappa shape index (κ1) is 14.1. The number of aromatic nitrogens is 3. The number of alkyl halides is 1. The van der Waals surface area contributed by atoms with Crippen LogP contribution in [-0.4, -0.2) is 26.4 Å². The molecule has 21 heavy (non-hydrogen) atoms. The van der Waals surface area contributed by atoms with Gasteiger partial charge in [0.1, 0.15) is 5.52 Å².